The van der Waals surface area contributed by atoms with Crippen molar-refractivity contribution in [1.29, 1.82) is 0 Å². The first-order chi connectivity index (χ1) is 19.4. The summed E-state index contributed by atoms with van der Waals surface area (Å²) >= 11 is 5.93. The van der Waals surface area contributed by atoms with E-state index in [9.17, 15) is 5.11 Å². The van der Waals surface area contributed by atoms with Crippen LogP contribution in [0.3, 0.4) is 0 Å². The van der Waals surface area contributed by atoms with Crippen LogP contribution in [-0.2, 0) is 0 Å². The van der Waals surface area contributed by atoms with E-state index in [1.54, 1.807) is 6.07 Å². The molecule has 6 nitrogen and oxygen atoms in total. The summed E-state index contributed by atoms with van der Waals surface area (Å²) in [5, 5.41) is 14.8. The number of anilines is 1. The number of hydrogen-bond donors (Lipinski definition) is 2. The maximum Gasteiger partial charge on any atom is 0.174 e. The molecule has 1 saturated heterocycles. The number of para-hydroxylation sites is 2. The smallest absolute Gasteiger partial charge is 0.174 e. The largest absolute Gasteiger partial charge is 0.506 e. The predicted octanol–water partition coefficient (Wildman–Crippen LogP) is 7.47. The Morgan fingerprint density at radius 3 is 2.20 bits per heavy atom. The van der Waals surface area contributed by atoms with Crippen molar-refractivity contribution in [3.63, 3.8) is 0 Å². The minimum absolute atomic E-state index is 0.169. The molecule has 0 aliphatic carbocycles. The van der Waals surface area contributed by atoms with Crippen LogP contribution in [0.15, 0.2) is 103 Å². The molecule has 0 unspecified atom stereocenters. The van der Waals surface area contributed by atoms with Gasteiger partial charge in [-0.1, -0.05) is 35.9 Å². The van der Waals surface area contributed by atoms with Gasteiger partial charge < -0.3 is 24.6 Å². The number of phenolic OH excluding ortho intramolecular Hbond substituents is 1. The number of nitrogens with one attached hydrogen (secondary N) is 1. The van der Waals surface area contributed by atoms with Crippen LogP contribution in [0.2, 0.25) is 0 Å². The number of thiocarbonyl (C=S) groups is 1. The van der Waals surface area contributed by atoms with Crippen LogP contribution in [-0.4, -0.2) is 19.8 Å². The molecule has 40 heavy (non-hydrogen) atoms. The molecule has 7 heteroatoms. The number of pyridine rings is 1. The van der Waals surface area contributed by atoms with Crippen molar-refractivity contribution >= 4 is 23.0 Å². The first-order valence-corrected chi connectivity index (χ1v) is 13.6. The van der Waals surface area contributed by atoms with Crippen LogP contribution in [0.5, 0.6) is 17.2 Å². The number of benzene rings is 3. The Morgan fingerprint density at radius 2 is 1.52 bits per heavy atom. The topological polar surface area (TPSA) is 62.5 Å². The lowest BCUT2D eigenvalue weighted by atomic mass is 9.96. The zero-order valence-corrected chi connectivity index (χ0v) is 23.4. The Bertz CT molecular complexity index is 1660. The number of aryl methyl sites for hydroxylation is 2. The van der Waals surface area contributed by atoms with Crippen LogP contribution < -0.4 is 15.0 Å². The fraction of sp³-hybridized carbons (Fsp3) is 0.152. The minimum Gasteiger partial charge on any atom is -0.506 e. The lowest BCUT2D eigenvalue weighted by molar-refractivity contribution is 0.471. The fourth-order valence-corrected chi connectivity index (χ4v) is 5.82. The van der Waals surface area contributed by atoms with E-state index in [0.717, 1.165) is 45.5 Å². The van der Waals surface area contributed by atoms with Gasteiger partial charge in [0.15, 0.2) is 5.11 Å². The second kappa shape index (κ2) is 10.5. The lowest BCUT2D eigenvalue weighted by Gasteiger charge is -2.28. The van der Waals surface area contributed by atoms with Gasteiger partial charge in [0.05, 0.1) is 23.5 Å². The van der Waals surface area contributed by atoms with Crippen molar-refractivity contribution in [2.45, 2.75) is 32.9 Å². The second-order valence-corrected chi connectivity index (χ2v) is 10.4. The molecule has 2 atom stereocenters. The summed E-state index contributed by atoms with van der Waals surface area (Å²) in [6.07, 6.45) is 1.81. The van der Waals surface area contributed by atoms with E-state index in [-0.39, 0.29) is 17.8 Å². The van der Waals surface area contributed by atoms with Gasteiger partial charge in [0, 0.05) is 23.3 Å². The van der Waals surface area contributed by atoms with Crippen LogP contribution in [0.4, 0.5) is 5.69 Å². The molecule has 2 N–H and O–H groups in total. The van der Waals surface area contributed by atoms with Crippen molar-refractivity contribution in [2.75, 3.05) is 4.90 Å². The zero-order valence-electron chi connectivity index (χ0n) is 22.6. The Labute approximate surface area is 239 Å². The summed E-state index contributed by atoms with van der Waals surface area (Å²) in [6, 6.07) is 31.2. The molecular weight excluding hydrogens is 516 g/mol. The van der Waals surface area contributed by atoms with Crippen molar-refractivity contribution in [3.8, 4) is 22.9 Å². The normalized spacial score (nSPS) is 16.7. The third-order valence-electron chi connectivity index (χ3n) is 7.38. The average molecular weight is 547 g/mol. The average Bonchev–Trinajstić information content (AvgIpc) is 3.46. The standard InChI is InChI=1S/C33H30N4O2S/c1-21-11-15-25(16-12-21)39-26-17-13-24(14-18-26)37-32(31(35-33(37)40)28-8-6-7-19-34-28)27-20-22(2)36(23(27)3)29-9-4-5-10-30(29)38/h4-20,31-32,38H,1-3H3,(H,35,40)/t31-,32-/m1/s1. The zero-order chi connectivity index (χ0) is 27.8. The van der Waals surface area contributed by atoms with E-state index in [4.69, 9.17) is 17.0 Å². The van der Waals surface area contributed by atoms with Gasteiger partial charge in [-0.2, -0.15) is 0 Å². The highest BCUT2D eigenvalue weighted by atomic mass is 32.1. The Hall–Kier alpha value is -4.62. The van der Waals surface area contributed by atoms with E-state index >= 15 is 0 Å². The van der Waals surface area contributed by atoms with E-state index < -0.39 is 0 Å². The number of nitrogens with zero attached hydrogens (tertiary/aromatic N) is 3. The highest BCUT2D eigenvalue weighted by Crippen LogP contribution is 2.44. The molecule has 0 radical (unpaired) electrons. The van der Waals surface area contributed by atoms with Crippen molar-refractivity contribution in [2.24, 2.45) is 0 Å². The van der Waals surface area contributed by atoms with Gasteiger partial charge in [-0.15, -0.1) is 0 Å². The monoisotopic (exact) mass is 546 g/mol. The number of aromatic hydroxyl groups is 1. The molecule has 1 aliphatic rings. The predicted molar refractivity (Wildman–Crippen MR) is 163 cm³/mol. The number of ether oxygens (including phenoxy) is 1. The van der Waals surface area contributed by atoms with E-state index in [0.29, 0.717) is 5.11 Å². The number of rotatable bonds is 6. The van der Waals surface area contributed by atoms with E-state index in [1.807, 2.05) is 91.1 Å². The molecule has 0 amide bonds. The third kappa shape index (κ3) is 4.69. The first kappa shape index (κ1) is 25.6. The maximum atomic E-state index is 10.6. The summed E-state index contributed by atoms with van der Waals surface area (Å²) in [6.45, 7) is 6.20. The quantitative estimate of drug-likeness (QED) is 0.215. The van der Waals surface area contributed by atoms with Gasteiger partial charge in [0.1, 0.15) is 17.2 Å². The van der Waals surface area contributed by atoms with E-state index in [2.05, 4.69) is 46.6 Å². The summed E-state index contributed by atoms with van der Waals surface area (Å²) in [4.78, 5) is 6.84. The van der Waals surface area contributed by atoms with Gasteiger partial charge in [0.2, 0.25) is 0 Å². The molecular formula is C33H30N4O2S. The highest BCUT2D eigenvalue weighted by Gasteiger charge is 2.42. The van der Waals surface area contributed by atoms with Crippen LogP contribution >= 0.6 is 12.2 Å². The summed E-state index contributed by atoms with van der Waals surface area (Å²) in [5.41, 5.74) is 6.94. The fourth-order valence-electron chi connectivity index (χ4n) is 5.48. The van der Waals surface area contributed by atoms with Gasteiger partial charge in [-0.25, -0.2) is 0 Å². The van der Waals surface area contributed by atoms with Gasteiger partial charge >= 0.3 is 0 Å². The minimum atomic E-state index is -0.171. The van der Waals surface area contributed by atoms with Crippen LogP contribution in [0.25, 0.3) is 5.69 Å². The number of hydrogen-bond acceptors (Lipinski definition) is 4. The SMILES string of the molecule is Cc1ccc(Oc2ccc(N3C(=S)N[C@H](c4ccccn4)[C@H]3c3cc(C)n(-c4ccccc4O)c3C)cc2)cc1. The second-order valence-electron chi connectivity index (χ2n) is 10.1. The van der Waals surface area contributed by atoms with Crippen molar-refractivity contribution in [1.82, 2.24) is 14.9 Å². The summed E-state index contributed by atoms with van der Waals surface area (Å²) in [7, 11) is 0. The molecule has 1 aliphatic heterocycles. The number of aromatic nitrogens is 2. The molecule has 200 valence electrons. The first-order valence-electron chi connectivity index (χ1n) is 13.2. The molecule has 3 heterocycles. The summed E-state index contributed by atoms with van der Waals surface area (Å²) in [5.74, 6) is 1.78. The molecule has 6 rings (SSSR count). The molecule has 5 aromatic rings. The molecule has 0 bridgehead atoms. The Morgan fingerprint density at radius 1 is 0.850 bits per heavy atom. The Kier molecular flexibility index (Phi) is 6.74. The van der Waals surface area contributed by atoms with Crippen molar-refractivity contribution < 1.29 is 9.84 Å². The molecule has 0 saturated carbocycles. The maximum absolute atomic E-state index is 10.6. The summed E-state index contributed by atoms with van der Waals surface area (Å²) < 4.78 is 8.17. The third-order valence-corrected chi connectivity index (χ3v) is 7.70. The van der Waals surface area contributed by atoms with Gasteiger partial charge in [-0.3, -0.25) is 4.98 Å². The van der Waals surface area contributed by atoms with Crippen molar-refractivity contribution in [3.05, 3.63) is 131 Å². The number of phenols is 1. The van der Waals surface area contributed by atoms with Crippen LogP contribution in [0.1, 0.15) is 40.3 Å². The van der Waals surface area contributed by atoms with Crippen LogP contribution in [0, 0.1) is 20.8 Å². The Balaban J connectivity index is 1.41. The molecule has 1 fully saturated rings. The van der Waals surface area contributed by atoms with Gasteiger partial charge in [0.25, 0.3) is 0 Å². The van der Waals surface area contributed by atoms with E-state index in [1.165, 1.54) is 5.56 Å². The molecule has 0 spiro atoms. The molecule has 3 aromatic carbocycles. The van der Waals surface area contributed by atoms with Gasteiger partial charge in [-0.05, 0) is 105 Å². The highest BCUT2D eigenvalue weighted by molar-refractivity contribution is 7.80. The lowest BCUT2D eigenvalue weighted by Crippen LogP contribution is -2.29. The molecule has 2 aromatic heterocycles.